The maximum absolute atomic E-state index is 0. The molecule has 0 aromatic rings. The van der Waals surface area contributed by atoms with Crippen LogP contribution in [0.25, 0.3) is 0 Å². The zero-order valence-electron chi connectivity index (χ0n) is 3.38. The Kier molecular flexibility index (Phi) is 5070. The van der Waals surface area contributed by atoms with E-state index in [1.165, 1.54) is 0 Å². The third-order valence-electron chi connectivity index (χ3n) is 0. The molecule has 6 N–H and O–H groups in total. The van der Waals surface area contributed by atoms with E-state index in [1.807, 2.05) is 0 Å². The Morgan fingerprint density at radius 3 is 0.571 bits per heavy atom. The summed E-state index contributed by atoms with van der Waals surface area (Å²) in [5, 5.41) is 0. The van der Waals surface area contributed by atoms with Gasteiger partial charge >= 0.3 is 16.8 Å². The standard InChI is InChI=1S/2Al.Co.4H2O/h;;;4*1H2/q;;+2;;;;/p-2. The van der Waals surface area contributed by atoms with Gasteiger partial charge in [-0.1, -0.05) is 0 Å². The molecule has 0 spiro atoms. The van der Waals surface area contributed by atoms with Crippen molar-refractivity contribution in [3.63, 3.8) is 0 Å². The Hall–Kier alpha value is 1.41. The van der Waals surface area contributed by atoms with E-state index in [2.05, 4.69) is 0 Å². The van der Waals surface area contributed by atoms with E-state index in [9.17, 15) is 0 Å². The smallest absolute Gasteiger partial charge is 0.870 e. The van der Waals surface area contributed by atoms with Crippen LogP contribution in [0.4, 0.5) is 0 Å². The summed E-state index contributed by atoms with van der Waals surface area (Å²) >= 11 is 0. The Balaban J connectivity index is 0. The van der Waals surface area contributed by atoms with Crippen LogP contribution < -0.4 is 0 Å². The number of hydrogen-bond acceptors (Lipinski definition) is 2. The SMILES string of the molecule is O.O.[Al].[Al].[Co+2].[OH-].[OH-]. The van der Waals surface area contributed by atoms with Gasteiger partial charge in [0.15, 0.2) is 0 Å². The predicted molar refractivity (Wildman–Crippen MR) is 22.6 cm³/mol. The van der Waals surface area contributed by atoms with E-state index in [4.69, 9.17) is 0 Å². The van der Waals surface area contributed by atoms with Crippen molar-refractivity contribution >= 4 is 34.7 Å². The van der Waals surface area contributed by atoms with Crippen molar-refractivity contribution < 1.29 is 38.7 Å². The molecule has 7 heteroatoms. The normalized spacial score (nSPS) is 0. The second kappa shape index (κ2) is 153. The largest absolute Gasteiger partial charge is 2.00 e. The van der Waals surface area contributed by atoms with Gasteiger partial charge in [-0.3, -0.25) is 0 Å². The second-order valence-corrected chi connectivity index (χ2v) is 0. The first kappa shape index (κ1) is 232. The minimum atomic E-state index is 0. The first-order valence-corrected chi connectivity index (χ1v) is 0. The van der Waals surface area contributed by atoms with Crippen LogP contribution in [0.2, 0.25) is 0 Å². The first-order valence-electron chi connectivity index (χ1n) is 0. The third kappa shape index (κ3) is 109. The summed E-state index contributed by atoms with van der Waals surface area (Å²) in [4.78, 5) is 0. The molecule has 45 valence electrons. The van der Waals surface area contributed by atoms with Crippen molar-refractivity contribution in [1.29, 1.82) is 0 Å². The molecule has 0 saturated carbocycles. The van der Waals surface area contributed by atoms with E-state index in [-0.39, 0.29) is 73.4 Å². The maximum atomic E-state index is 0. The molecule has 0 bridgehead atoms. The topological polar surface area (TPSA) is 123 Å². The Labute approximate surface area is 73.4 Å². The van der Waals surface area contributed by atoms with Gasteiger partial charge in [0.25, 0.3) is 0 Å². The molecular weight excluding hydrogens is 177 g/mol. The Morgan fingerprint density at radius 1 is 0.571 bits per heavy atom. The number of rotatable bonds is 0. The van der Waals surface area contributed by atoms with Crippen LogP contribution in [0.1, 0.15) is 0 Å². The summed E-state index contributed by atoms with van der Waals surface area (Å²) in [5.41, 5.74) is 0. The second-order valence-electron chi connectivity index (χ2n) is 0. The molecule has 0 rings (SSSR count). The fraction of sp³-hybridized carbons (Fsp3) is 0. The van der Waals surface area contributed by atoms with Crippen molar-refractivity contribution in [1.82, 2.24) is 0 Å². The quantitative estimate of drug-likeness (QED) is 0.377. The fourth-order valence-electron chi connectivity index (χ4n) is 0. The molecule has 0 aliphatic carbocycles. The molecule has 0 aromatic heterocycles. The number of hydrogen-bond donors (Lipinski definition) is 0. The van der Waals surface area contributed by atoms with Crippen LogP contribution in [-0.2, 0) is 16.8 Å². The van der Waals surface area contributed by atoms with Gasteiger partial charge in [-0.15, -0.1) is 0 Å². The molecule has 0 saturated heterocycles. The van der Waals surface area contributed by atoms with E-state index in [0.29, 0.717) is 0 Å². The van der Waals surface area contributed by atoms with Gasteiger partial charge in [-0.05, 0) is 0 Å². The molecule has 0 aromatic carbocycles. The van der Waals surface area contributed by atoms with Crippen LogP contribution in [0.3, 0.4) is 0 Å². The zero-order valence-corrected chi connectivity index (χ0v) is 6.73. The summed E-state index contributed by atoms with van der Waals surface area (Å²) in [6.07, 6.45) is 0. The van der Waals surface area contributed by atoms with E-state index in [0.717, 1.165) is 0 Å². The molecule has 0 atom stereocenters. The average molecular weight is 183 g/mol. The monoisotopic (exact) mass is 183 g/mol. The summed E-state index contributed by atoms with van der Waals surface area (Å²) in [6, 6.07) is 0. The van der Waals surface area contributed by atoms with Crippen molar-refractivity contribution in [3.05, 3.63) is 0 Å². The average Bonchev–Trinajstić information content (AvgIpc) is 0. The molecule has 7 heavy (non-hydrogen) atoms. The Morgan fingerprint density at radius 2 is 0.571 bits per heavy atom. The predicted octanol–water partition coefficient (Wildman–Crippen LogP) is -2.77. The van der Waals surface area contributed by atoms with Gasteiger partial charge in [-0.25, -0.2) is 0 Å². The molecule has 0 aliphatic heterocycles. The molecule has 0 amide bonds. The molecule has 7 radical (unpaired) electrons. The summed E-state index contributed by atoms with van der Waals surface area (Å²) in [5.74, 6) is 0. The van der Waals surface area contributed by atoms with Gasteiger partial charge in [0.2, 0.25) is 0 Å². The van der Waals surface area contributed by atoms with Crippen LogP contribution >= 0.6 is 0 Å². The van der Waals surface area contributed by atoms with Crippen LogP contribution in [0, 0.1) is 0 Å². The van der Waals surface area contributed by atoms with Crippen LogP contribution in [0.15, 0.2) is 0 Å². The fourth-order valence-corrected chi connectivity index (χ4v) is 0. The van der Waals surface area contributed by atoms with Gasteiger partial charge in [0, 0.05) is 34.7 Å². The molecule has 0 aliphatic rings. The van der Waals surface area contributed by atoms with Crippen LogP contribution in [0.5, 0.6) is 0 Å². The first-order chi connectivity index (χ1) is 0. The minimum absolute atomic E-state index is 0. The maximum Gasteiger partial charge on any atom is 2.00 e. The summed E-state index contributed by atoms with van der Waals surface area (Å²) < 4.78 is 0. The molecule has 0 heterocycles. The van der Waals surface area contributed by atoms with Gasteiger partial charge in [0.05, 0.1) is 0 Å². The van der Waals surface area contributed by atoms with Crippen molar-refractivity contribution in [2.24, 2.45) is 0 Å². The van der Waals surface area contributed by atoms with Crippen LogP contribution in [-0.4, -0.2) is 56.6 Å². The minimum Gasteiger partial charge on any atom is -0.870 e. The van der Waals surface area contributed by atoms with Crippen molar-refractivity contribution in [3.8, 4) is 0 Å². The van der Waals surface area contributed by atoms with E-state index >= 15 is 0 Å². The molecule has 4 nitrogen and oxygen atoms in total. The van der Waals surface area contributed by atoms with Crippen molar-refractivity contribution in [2.45, 2.75) is 0 Å². The molecule has 0 unspecified atom stereocenters. The Bertz CT molecular complexity index is 9.65. The van der Waals surface area contributed by atoms with E-state index in [1.54, 1.807) is 0 Å². The molecular formula is H6Al2CoO4. The van der Waals surface area contributed by atoms with Gasteiger partial charge in [0.1, 0.15) is 0 Å². The third-order valence-corrected chi connectivity index (χ3v) is 0. The van der Waals surface area contributed by atoms with Gasteiger partial charge in [-0.2, -0.15) is 0 Å². The summed E-state index contributed by atoms with van der Waals surface area (Å²) in [6.45, 7) is 0. The zero-order chi connectivity index (χ0) is 0. The van der Waals surface area contributed by atoms with E-state index < -0.39 is 0 Å². The molecule has 0 fully saturated rings. The summed E-state index contributed by atoms with van der Waals surface area (Å²) in [7, 11) is 0. The van der Waals surface area contributed by atoms with Crippen molar-refractivity contribution in [2.75, 3.05) is 0 Å². The van der Waals surface area contributed by atoms with Gasteiger partial charge < -0.3 is 21.9 Å².